The Balaban J connectivity index is 1.65. The summed E-state index contributed by atoms with van der Waals surface area (Å²) in [6.45, 7) is 0.518. The summed E-state index contributed by atoms with van der Waals surface area (Å²) in [5, 5.41) is 13.5. The molecule has 128 valence electrons. The number of hydrogen-bond acceptors (Lipinski definition) is 4. The van der Waals surface area contributed by atoms with Crippen LogP contribution >= 0.6 is 0 Å². The molecule has 0 spiro atoms. The van der Waals surface area contributed by atoms with Gasteiger partial charge in [-0.2, -0.15) is 4.68 Å². The molecule has 1 heterocycles. The van der Waals surface area contributed by atoms with Crippen molar-refractivity contribution in [2.45, 2.75) is 6.54 Å². The highest BCUT2D eigenvalue weighted by atomic mass is 16.2. The first-order chi connectivity index (χ1) is 12.7. The first kappa shape index (κ1) is 16.0. The third kappa shape index (κ3) is 2.93. The van der Waals surface area contributed by atoms with Gasteiger partial charge in [0.2, 0.25) is 0 Å². The minimum absolute atomic E-state index is 0.0796. The van der Waals surface area contributed by atoms with Gasteiger partial charge in [0.15, 0.2) is 0 Å². The molecule has 6 nitrogen and oxygen atoms in total. The highest BCUT2D eigenvalue weighted by Crippen LogP contribution is 2.21. The first-order valence-corrected chi connectivity index (χ1v) is 8.28. The summed E-state index contributed by atoms with van der Waals surface area (Å²) < 4.78 is 1.50. The SMILES string of the molecule is CN(Cc1cccc2ccccc12)C(=O)c1ccccc1-n1cnnn1. The number of benzene rings is 3. The topological polar surface area (TPSA) is 63.9 Å². The van der Waals surface area contributed by atoms with E-state index in [0.29, 0.717) is 17.8 Å². The summed E-state index contributed by atoms with van der Waals surface area (Å²) in [6, 6.07) is 21.7. The van der Waals surface area contributed by atoms with Crippen LogP contribution in [-0.2, 0) is 6.54 Å². The standard InChI is InChI=1S/C20H17N5O/c1-24(13-16-9-6-8-15-7-2-3-10-17(15)16)20(26)18-11-4-5-12-19(18)25-14-21-22-23-25/h2-12,14H,13H2,1H3. The van der Waals surface area contributed by atoms with Crippen molar-refractivity contribution in [3.63, 3.8) is 0 Å². The van der Waals surface area contributed by atoms with Crippen LogP contribution in [0.1, 0.15) is 15.9 Å². The number of hydrogen-bond donors (Lipinski definition) is 0. The molecule has 0 radical (unpaired) electrons. The molecule has 0 saturated carbocycles. The number of aromatic nitrogens is 4. The van der Waals surface area contributed by atoms with Crippen molar-refractivity contribution in [2.24, 2.45) is 0 Å². The number of rotatable bonds is 4. The van der Waals surface area contributed by atoms with Gasteiger partial charge in [-0.05, 0) is 38.9 Å². The molecule has 0 saturated heterocycles. The van der Waals surface area contributed by atoms with E-state index in [1.54, 1.807) is 18.0 Å². The van der Waals surface area contributed by atoms with Crippen LogP contribution < -0.4 is 0 Å². The second kappa shape index (κ2) is 6.76. The zero-order chi connectivity index (χ0) is 17.9. The highest BCUT2D eigenvalue weighted by molar-refractivity contribution is 5.98. The molecule has 0 unspecified atom stereocenters. The van der Waals surface area contributed by atoms with Crippen molar-refractivity contribution < 1.29 is 4.79 Å². The minimum atomic E-state index is -0.0796. The van der Waals surface area contributed by atoms with Gasteiger partial charge in [0.05, 0.1) is 11.3 Å². The number of amides is 1. The Morgan fingerprint density at radius 1 is 1.00 bits per heavy atom. The molecule has 6 heteroatoms. The van der Waals surface area contributed by atoms with Gasteiger partial charge in [-0.15, -0.1) is 5.10 Å². The van der Waals surface area contributed by atoms with Gasteiger partial charge in [0, 0.05) is 13.6 Å². The van der Waals surface area contributed by atoms with Crippen molar-refractivity contribution in [2.75, 3.05) is 7.05 Å². The predicted octanol–water partition coefficient (Wildman–Crippen LogP) is 3.09. The Kier molecular flexibility index (Phi) is 4.15. The zero-order valence-corrected chi connectivity index (χ0v) is 14.3. The van der Waals surface area contributed by atoms with Gasteiger partial charge < -0.3 is 4.90 Å². The van der Waals surface area contributed by atoms with Gasteiger partial charge in [-0.25, -0.2) is 0 Å². The molecular formula is C20H17N5O. The van der Waals surface area contributed by atoms with Gasteiger partial charge in [0.25, 0.3) is 5.91 Å². The molecule has 1 aromatic heterocycles. The van der Waals surface area contributed by atoms with E-state index in [1.807, 2.05) is 36.4 Å². The van der Waals surface area contributed by atoms with Crippen molar-refractivity contribution in [3.8, 4) is 5.69 Å². The summed E-state index contributed by atoms with van der Waals surface area (Å²) in [7, 11) is 1.81. The molecule has 3 aromatic carbocycles. The lowest BCUT2D eigenvalue weighted by Crippen LogP contribution is -2.27. The van der Waals surface area contributed by atoms with Crippen LogP contribution in [0.2, 0.25) is 0 Å². The van der Waals surface area contributed by atoms with E-state index in [-0.39, 0.29) is 5.91 Å². The molecule has 4 aromatic rings. The van der Waals surface area contributed by atoms with E-state index < -0.39 is 0 Å². The van der Waals surface area contributed by atoms with Crippen LogP contribution in [0.4, 0.5) is 0 Å². The third-order valence-electron chi connectivity index (χ3n) is 4.36. The molecule has 0 aliphatic heterocycles. The van der Waals surface area contributed by atoms with Crippen molar-refractivity contribution >= 4 is 16.7 Å². The Morgan fingerprint density at radius 2 is 1.77 bits per heavy atom. The number of carbonyl (C=O) groups excluding carboxylic acids is 1. The molecular weight excluding hydrogens is 326 g/mol. The van der Waals surface area contributed by atoms with E-state index in [4.69, 9.17) is 0 Å². The smallest absolute Gasteiger partial charge is 0.256 e. The maximum Gasteiger partial charge on any atom is 0.256 e. The number of para-hydroxylation sites is 1. The largest absolute Gasteiger partial charge is 0.337 e. The van der Waals surface area contributed by atoms with Crippen LogP contribution in [-0.4, -0.2) is 38.1 Å². The Bertz CT molecular complexity index is 1050. The second-order valence-electron chi connectivity index (χ2n) is 6.07. The molecule has 0 bridgehead atoms. The molecule has 4 rings (SSSR count). The van der Waals surface area contributed by atoms with E-state index >= 15 is 0 Å². The molecule has 0 aliphatic rings. The van der Waals surface area contributed by atoms with E-state index in [9.17, 15) is 4.79 Å². The Hall–Kier alpha value is -3.54. The fourth-order valence-electron chi connectivity index (χ4n) is 3.09. The first-order valence-electron chi connectivity index (χ1n) is 8.28. The number of carbonyl (C=O) groups is 1. The number of fused-ring (bicyclic) bond motifs is 1. The average Bonchev–Trinajstić information content (AvgIpc) is 3.22. The van der Waals surface area contributed by atoms with Crippen molar-refractivity contribution in [1.29, 1.82) is 0 Å². The zero-order valence-electron chi connectivity index (χ0n) is 14.3. The molecule has 0 atom stereocenters. The van der Waals surface area contributed by atoms with Crippen LogP contribution in [0.15, 0.2) is 73.1 Å². The van der Waals surface area contributed by atoms with Gasteiger partial charge in [-0.1, -0.05) is 54.6 Å². The quantitative estimate of drug-likeness (QED) is 0.571. The van der Waals surface area contributed by atoms with Gasteiger partial charge >= 0.3 is 0 Å². The lowest BCUT2D eigenvalue weighted by Gasteiger charge is -2.20. The summed E-state index contributed by atoms with van der Waals surface area (Å²) in [5.74, 6) is -0.0796. The monoisotopic (exact) mass is 343 g/mol. The lowest BCUT2D eigenvalue weighted by atomic mass is 10.0. The van der Waals surface area contributed by atoms with Crippen molar-refractivity contribution in [3.05, 3.63) is 84.2 Å². The van der Waals surface area contributed by atoms with E-state index in [2.05, 4.69) is 39.8 Å². The van der Waals surface area contributed by atoms with Gasteiger partial charge in [-0.3, -0.25) is 4.79 Å². The number of nitrogens with zero attached hydrogens (tertiary/aromatic N) is 5. The molecule has 0 N–H and O–H groups in total. The fraction of sp³-hybridized carbons (Fsp3) is 0.100. The highest BCUT2D eigenvalue weighted by Gasteiger charge is 2.18. The third-order valence-corrected chi connectivity index (χ3v) is 4.36. The van der Waals surface area contributed by atoms with E-state index in [0.717, 1.165) is 10.9 Å². The molecule has 1 amide bonds. The fourth-order valence-corrected chi connectivity index (χ4v) is 3.09. The summed E-state index contributed by atoms with van der Waals surface area (Å²) in [5.41, 5.74) is 2.33. The van der Waals surface area contributed by atoms with Crippen molar-refractivity contribution in [1.82, 2.24) is 25.1 Å². The molecule has 0 aliphatic carbocycles. The maximum absolute atomic E-state index is 13.0. The van der Waals surface area contributed by atoms with Crippen LogP contribution in [0.5, 0.6) is 0 Å². The summed E-state index contributed by atoms with van der Waals surface area (Å²) >= 11 is 0. The average molecular weight is 343 g/mol. The summed E-state index contributed by atoms with van der Waals surface area (Å²) in [4.78, 5) is 14.8. The minimum Gasteiger partial charge on any atom is -0.337 e. The van der Waals surface area contributed by atoms with Crippen LogP contribution in [0.25, 0.3) is 16.5 Å². The lowest BCUT2D eigenvalue weighted by molar-refractivity contribution is 0.0785. The molecule has 0 fully saturated rings. The van der Waals surface area contributed by atoms with Crippen LogP contribution in [0.3, 0.4) is 0 Å². The van der Waals surface area contributed by atoms with E-state index in [1.165, 1.54) is 16.4 Å². The number of tetrazole rings is 1. The Labute approximate surface area is 150 Å². The second-order valence-corrected chi connectivity index (χ2v) is 6.07. The normalized spacial score (nSPS) is 10.8. The van der Waals surface area contributed by atoms with Crippen LogP contribution in [0, 0.1) is 0 Å². The summed E-state index contributed by atoms with van der Waals surface area (Å²) in [6.07, 6.45) is 1.48. The Morgan fingerprint density at radius 3 is 2.62 bits per heavy atom. The van der Waals surface area contributed by atoms with Gasteiger partial charge in [0.1, 0.15) is 6.33 Å². The maximum atomic E-state index is 13.0. The predicted molar refractivity (Wildman–Crippen MR) is 98.9 cm³/mol. The molecule has 26 heavy (non-hydrogen) atoms.